The molecule has 7 nitrogen and oxygen atoms in total. The van der Waals surface area contributed by atoms with Gasteiger partial charge in [0.1, 0.15) is 5.75 Å². The van der Waals surface area contributed by atoms with Crippen molar-refractivity contribution in [1.82, 2.24) is 0 Å². The minimum atomic E-state index is -0.418. The number of rotatable bonds is 7. The lowest BCUT2D eigenvalue weighted by atomic mass is 10.2. The van der Waals surface area contributed by atoms with E-state index in [0.717, 1.165) is 0 Å². The molecular formula is C19H24N2O5. The largest absolute Gasteiger partial charge is 0.493 e. The summed E-state index contributed by atoms with van der Waals surface area (Å²) >= 11 is 0. The molecule has 0 fully saturated rings. The maximum atomic E-state index is 12.4. The number of methoxy groups -OCH3 is 3. The summed E-state index contributed by atoms with van der Waals surface area (Å²) in [5.41, 5.74) is 1.07. The van der Waals surface area contributed by atoms with Gasteiger partial charge in [-0.3, -0.25) is 0 Å². The van der Waals surface area contributed by atoms with Crippen LogP contribution < -0.4 is 29.6 Å². The number of amides is 2. The molecule has 0 aromatic heterocycles. The molecule has 0 spiro atoms. The van der Waals surface area contributed by atoms with Crippen LogP contribution in [0.25, 0.3) is 0 Å². The first-order chi connectivity index (χ1) is 12.5. The standard InChI is InChI=1S/C19H24N2O5/c1-12(2)26-15-9-7-6-8-14(15)21-19(22)20-13-10-16(23-3)18(25-5)17(11-13)24-4/h6-12H,1-5H3,(H2,20,21,22). The molecule has 0 unspecified atom stereocenters. The number of urea groups is 1. The molecule has 2 aromatic carbocycles. The molecule has 0 aliphatic rings. The first-order valence-electron chi connectivity index (χ1n) is 8.12. The molecule has 2 N–H and O–H groups in total. The van der Waals surface area contributed by atoms with Crippen LogP contribution in [-0.2, 0) is 0 Å². The number of anilines is 2. The van der Waals surface area contributed by atoms with E-state index in [2.05, 4.69) is 10.6 Å². The highest BCUT2D eigenvalue weighted by atomic mass is 16.5. The number of carbonyl (C=O) groups excluding carboxylic acids is 1. The Bertz CT molecular complexity index is 736. The topological polar surface area (TPSA) is 78.1 Å². The van der Waals surface area contributed by atoms with Crippen molar-refractivity contribution in [2.24, 2.45) is 0 Å². The maximum absolute atomic E-state index is 12.4. The van der Waals surface area contributed by atoms with Crippen molar-refractivity contribution in [1.29, 1.82) is 0 Å². The predicted octanol–water partition coefficient (Wildman–Crippen LogP) is 4.14. The summed E-state index contributed by atoms with van der Waals surface area (Å²) in [4.78, 5) is 12.4. The lowest BCUT2D eigenvalue weighted by Gasteiger charge is -2.16. The van der Waals surface area contributed by atoms with Gasteiger partial charge in [-0.1, -0.05) is 12.1 Å². The number of carbonyl (C=O) groups is 1. The summed E-state index contributed by atoms with van der Waals surface area (Å²) in [7, 11) is 4.55. The number of nitrogens with one attached hydrogen (secondary N) is 2. The fourth-order valence-electron chi connectivity index (χ4n) is 2.36. The SMILES string of the molecule is COc1cc(NC(=O)Nc2ccccc2OC(C)C)cc(OC)c1OC. The Hall–Kier alpha value is -3.09. The minimum Gasteiger partial charge on any atom is -0.493 e. The molecule has 26 heavy (non-hydrogen) atoms. The third-order valence-electron chi connectivity index (χ3n) is 3.42. The van der Waals surface area contributed by atoms with E-state index in [1.54, 1.807) is 24.3 Å². The zero-order valence-electron chi connectivity index (χ0n) is 15.6. The van der Waals surface area contributed by atoms with Crippen molar-refractivity contribution in [3.8, 4) is 23.0 Å². The molecule has 140 valence electrons. The first-order valence-corrected chi connectivity index (χ1v) is 8.12. The van der Waals surface area contributed by atoms with Gasteiger partial charge in [0.05, 0.1) is 38.8 Å². The van der Waals surface area contributed by atoms with Gasteiger partial charge in [0.25, 0.3) is 0 Å². The fourth-order valence-corrected chi connectivity index (χ4v) is 2.36. The van der Waals surface area contributed by atoms with Gasteiger partial charge in [-0.25, -0.2) is 4.79 Å². The molecule has 2 amide bonds. The van der Waals surface area contributed by atoms with Crippen LogP contribution in [0.5, 0.6) is 23.0 Å². The molecule has 0 saturated heterocycles. The van der Waals surface area contributed by atoms with Crippen LogP contribution in [-0.4, -0.2) is 33.5 Å². The quantitative estimate of drug-likeness (QED) is 0.776. The molecule has 0 bridgehead atoms. The van der Waals surface area contributed by atoms with Crippen molar-refractivity contribution >= 4 is 17.4 Å². The lowest BCUT2D eigenvalue weighted by Crippen LogP contribution is -2.20. The summed E-state index contributed by atoms with van der Waals surface area (Å²) in [5.74, 6) is 1.95. The van der Waals surface area contributed by atoms with E-state index in [9.17, 15) is 4.79 Å². The minimum absolute atomic E-state index is 0.00359. The fraction of sp³-hybridized carbons (Fsp3) is 0.316. The molecule has 0 atom stereocenters. The maximum Gasteiger partial charge on any atom is 0.323 e. The molecular weight excluding hydrogens is 336 g/mol. The second kappa shape index (κ2) is 8.84. The van der Waals surface area contributed by atoms with Crippen LogP contribution in [0.15, 0.2) is 36.4 Å². The highest BCUT2D eigenvalue weighted by molar-refractivity contribution is 6.01. The van der Waals surface area contributed by atoms with Gasteiger partial charge in [0, 0.05) is 12.1 Å². The van der Waals surface area contributed by atoms with E-state index in [1.165, 1.54) is 21.3 Å². The van der Waals surface area contributed by atoms with E-state index >= 15 is 0 Å². The monoisotopic (exact) mass is 360 g/mol. The van der Waals surface area contributed by atoms with Crippen LogP contribution in [0, 0.1) is 0 Å². The van der Waals surface area contributed by atoms with Crippen molar-refractivity contribution in [3.63, 3.8) is 0 Å². The van der Waals surface area contributed by atoms with Gasteiger partial charge < -0.3 is 29.6 Å². The Balaban J connectivity index is 2.18. The van der Waals surface area contributed by atoms with Gasteiger partial charge in [0.15, 0.2) is 11.5 Å². The lowest BCUT2D eigenvalue weighted by molar-refractivity contribution is 0.243. The van der Waals surface area contributed by atoms with E-state index in [0.29, 0.717) is 34.4 Å². The number of hydrogen-bond donors (Lipinski definition) is 2. The van der Waals surface area contributed by atoms with Gasteiger partial charge in [-0.05, 0) is 26.0 Å². The van der Waals surface area contributed by atoms with E-state index < -0.39 is 6.03 Å². The predicted molar refractivity (Wildman–Crippen MR) is 101 cm³/mol. The van der Waals surface area contributed by atoms with Crippen molar-refractivity contribution < 1.29 is 23.7 Å². The average molecular weight is 360 g/mol. The van der Waals surface area contributed by atoms with E-state index in [4.69, 9.17) is 18.9 Å². The molecule has 7 heteroatoms. The van der Waals surface area contributed by atoms with Crippen LogP contribution >= 0.6 is 0 Å². The summed E-state index contributed by atoms with van der Waals surface area (Å²) in [6, 6.07) is 10.1. The Morgan fingerprint density at radius 3 is 2.04 bits per heavy atom. The summed E-state index contributed by atoms with van der Waals surface area (Å²) in [6.45, 7) is 3.85. The Morgan fingerprint density at radius 1 is 0.885 bits per heavy atom. The van der Waals surface area contributed by atoms with Crippen LogP contribution in [0.2, 0.25) is 0 Å². The third kappa shape index (κ3) is 4.72. The van der Waals surface area contributed by atoms with Crippen LogP contribution in [0.4, 0.5) is 16.2 Å². The van der Waals surface area contributed by atoms with Crippen molar-refractivity contribution in [3.05, 3.63) is 36.4 Å². The molecule has 0 radical (unpaired) electrons. The molecule has 0 saturated carbocycles. The van der Waals surface area contributed by atoms with E-state index in [-0.39, 0.29) is 6.10 Å². The smallest absolute Gasteiger partial charge is 0.323 e. The van der Waals surface area contributed by atoms with Gasteiger partial charge in [-0.15, -0.1) is 0 Å². The second-order valence-corrected chi connectivity index (χ2v) is 5.66. The highest BCUT2D eigenvalue weighted by Crippen LogP contribution is 2.40. The molecule has 2 aromatic rings. The van der Waals surface area contributed by atoms with Gasteiger partial charge in [-0.2, -0.15) is 0 Å². The summed E-state index contributed by atoms with van der Waals surface area (Å²) in [6.07, 6.45) is -0.00359. The van der Waals surface area contributed by atoms with Crippen molar-refractivity contribution in [2.45, 2.75) is 20.0 Å². The first kappa shape index (κ1) is 19.2. The van der Waals surface area contributed by atoms with Crippen LogP contribution in [0.1, 0.15) is 13.8 Å². The van der Waals surface area contributed by atoms with Crippen molar-refractivity contribution in [2.75, 3.05) is 32.0 Å². The highest BCUT2D eigenvalue weighted by Gasteiger charge is 2.15. The summed E-state index contributed by atoms with van der Waals surface area (Å²) in [5, 5.41) is 5.53. The van der Waals surface area contributed by atoms with Gasteiger partial charge >= 0.3 is 6.03 Å². The summed E-state index contributed by atoms with van der Waals surface area (Å²) < 4.78 is 21.5. The molecule has 0 aliphatic heterocycles. The number of hydrogen-bond acceptors (Lipinski definition) is 5. The third-order valence-corrected chi connectivity index (χ3v) is 3.42. The average Bonchev–Trinajstić information content (AvgIpc) is 2.61. The Kier molecular flexibility index (Phi) is 6.54. The molecule has 2 rings (SSSR count). The normalized spacial score (nSPS) is 10.2. The molecule has 0 aliphatic carbocycles. The second-order valence-electron chi connectivity index (χ2n) is 5.66. The number of para-hydroxylation sites is 2. The molecule has 0 heterocycles. The number of ether oxygens (including phenoxy) is 4. The Labute approximate surface area is 153 Å². The van der Waals surface area contributed by atoms with Gasteiger partial charge in [0.2, 0.25) is 5.75 Å². The van der Waals surface area contributed by atoms with E-state index in [1.807, 2.05) is 26.0 Å². The zero-order chi connectivity index (χ0) is 19.1. The Morgan fingerprint density at radius 2 is 1.50 bits per heavy atom. The van der Waals surface area contributed by atoms with Crippen LogP contribution in [0.3, 0.4) is 0 Å². The number of benzene rings is 2. The zero-order valence-corrected chi connectivity index (χ0v) is 15.6.